The maximum absolute atomic E-state index is 12.7. The first-order valence-electron chi connectivity index (χ1n) is 8.43. The lowest BCUT2D eigenvalue weighted by Crippen LogP contribution is -2.30. The Balaban J connectivity index is 1.84. The number of nitriles is 1. The molecular formula is C19H21N3O2S. The first kappa shape index (κ1) is 17.3. The van der Waals surface area contributed by atoms with Gasteiger partial charge < -0.3 is 4.90 Å². The maximum Gasteiger partial charge on any atom is 0.261 e. The Hall–Kier alpha value is -2.52. The van der Waals surface area contributed by atoms with Crippen LogP contribution in [0.25, 0.3) is 0 Å². The van der Waals surface area contributed by atoms with Crippen molar-refractivity contribution in [1.29, 1.82) is 5.26 Å². The summed E-state index contributed by atoms with van der Waals surface area (Å²) in [5, 5.41) is 8.71. The van der Waals surface area contributed by atoms with Gasteiger partial charge in [0.25, 0.3) is 10.0 Å². The van der Waals surface area contributed by atoms with Crippen molar-refractivity contribution in [2.45, 2.75) is 30.6 Å². The van der Waals surface area contributed by atoms with Crippen LogP contribution < -0.4 is 9.62 Å². The minimum Gasteiger partial charge on any atom is -0.370 e. The second kappa shape index (κ2) is 7.58. The summed E-state index contributed by atoms with van der Waals surface area (Å²) in [4.78, 5) is 2.43. The van der Waals surface area contributed by atoms with Gasteiger partial charge in [-0.15, -0.1) is 0 Å². The number of nitrogens with zero attached hydrogens (tertiary/aromatic N) is 2. The number of para-hydroxylation sites is 2. The largest absolute Gasteiger partial charge is 0.370 e. The average Bonchev–Trinajstić information content (AvgIpc) is 2.63. The Morgan fingerprint density at radius 3 is 2.36 bits per heavy atom. The van der Waals surface area contributed by atoms with Gasteiger partial charge >= 0.3 is 0 Å². The number of anilines is 2. The fourth-order valence-corrected chi connectivity index (χ4v) is 4.13. The van der Waals surface area contributed by atoms with E-state index in [4.69, 9.17) is 5.26 Å². The van der Waals surface area contributed by atoms with E-state index in [-0.39, 0.29) is 11.3 Å². The van der Waals surface area contributed by atoms with Gasteiger partial charge in [0.05, 0.1) is 28.8 Å². The van der Waals surface area contributed by atoms with Crippen molar-refractivity contribution in [2.75, 3.05) is 22.7 Å². The monoisotopic (exact) mass is 355 g/mol. The molecule has 1 aliphatic heterocycles. The predicted octanol–water partition coefficient (Wildman–Crippen LogP) is 3.54. The van der Waals surface area contributed by atoms with Crippen molar-refractivity contribution in [3.8, 4) is 6.07 Å². The highest BCUT2D eigenvalue weighted by Gasteiger charge is 2.19. The van der Waals surface area contributed by atoms with Crippen molar-refractivity contribution in [1.82, 2.24) is 0 Å². The number of hydrogen-bond acceptors (Lipinski definition) is 4. The molecule has 1 saturated heterocycles. The van der Waals surface area contributed by atoms with Crippen LogP contribution in [0, 0.1) is 11.3 Å². The van der Waals surface area contributed by atoms with Gasteiger partial charge in [0, 0.05) is 13.1 Å². The molecule has 1 N–H and O–H groups in total. The van der Waals surface area contributed by atoms with Gasteiger partial charge in [-0.05, 0) is 49.1 Å². The van der Waals surface area contributed by atoms with Crippen LogP contribution in [0.3, 0.4) is 0 Å². The van der Waals surface area contributed by atoms with Gasteiger partial charge in [0.15, 0.2) is 0 Å². The third-order valence-corrected chi connectivity index (χ3v) is 5.74. The van der Waals surface area contributed by atoms with Crippen molar-refractivity contribution < 1.29 is 8.42 Å². The molecule has 2 aromatic carbocycles. The van der Waals surface area contributed by atoms with Gasteiger partial charge in [-0.25, -0.2) is 8.42 Å². The summed E-state index contributed by atoms with van der Waals surface area (Å²) in [5.41, 5.74) is 2.33. The van der Waals surface area contributed by atoms with Crippen LogP contribution in [0.5, 0.6) is 0 Å². The standard InChI is InChI=1S/C19H21N3O2S/c20-13-12-16-8-10-17(11-9-16)25(23,24)21-18-6-2-3-7-19(18)22-14-4-1-5-15-22/h2-3,6-11,21H,1,4-5,12,14-15H2. The van der Waals surface area contributed by atoms with E-state index in [1.54, 1.807) is 30.3 Å². The molecule has 0 aliphatic carbocycles. The number of hydrogen-bond donors (Lipinski definition) is 1. The number of sulfonamides is 1. The summed E-state index contributed by atoms with van der Waals surface area (Å²) in [5.74, 6) is 0. The van der Waals surface area contributed by atoms with Gasteiger partial charge in [-0.1, -0.05) is 24.3 Å². The van der Waals surface area contributed by atoms with Crippen molar-refractivity contribution >= 4 is 21.4 Å². The fraction of sp³-hybridized carbons (Fsp3) is 0.316. The van der Waals surface area contributed by atoms with E-state index in [1.165, 1.54) is 6.42 Å². The summed E-state index contributed by atoms with van der Waals surface area (Å²) >= 11 is 0. The minimum atomic E-state index is -3.67. The molecule has 1 aliphatic rings. The molecule has 6 heteroatoms. The SMILES string of the molecule is N#CCc1ccc(S(=O)(=O)Nc2ccccc2N2CCCCC2)cc1. The average molecular weight is 355 g/mol. The van der Waals surface area contributed by atoms with Gasteiger partial charge in [0.2, 0.25) is 0 Å². The van der Waals surface area contributed by atoms with Crippen molar-refractivity contribution in [2.24, 2.45) is 0 Å². The summed E-state index contributed by atoms with van der Waals surface area (Å²) in [7, 11) is -3.67. The lowest BCUT2D eigenvalue weighted by atomic mass is 10.1. The molecule has 0 atom stereocenters. The zero-order chi connectivity index (χ0) is 17.7. The Morgan fingerprint density at radius 2 is 1.68 bits per heavy atom. The highest BCUT2D eigenvalue weighted by molar-refractivity contribution is 7.92. The highest BCUT2D eigenvalue weighted by Crippen LogP contribution is 2.30. The molecular weight excluding hydrogens is 334 g/mol. The Kier molecular flexibility index (Phi) is 5.25. The number of benzene rings is 2. The topological polar surface area (TPSA) is 73.2 Å². The van der Waals surface area contributed by atoms with Crippen molar-refractivity contribution in [3.05, 3.63) is 54.1 Å². The minimum absolute atomic E-state index is 0.197. The number of rotatable bonds is 5. The summed E-state index contributed by atoms with van der Waals surface area (Å²) < 4.78 is 28.1. The molecule has 1 fully saturated rings. The third kappa shape index (κ3) is 4.12. The second-order valence-electron chi connectivity index (χ2n) is 6.15. The molecule has 2 aromatic rings. The Labute approximate surface area is 149 Å². The second-order valence-corrected chi connectivity index (χ2v) is 7.83. The van der Waals surface area contributed by atoms with Crippen LogP contribution in [-0.2, 0) is 16.4 Å². The molecule has 0 bridgehead atoms. The third-order valence-electron chi connectivity index (χ3n) is 4.36. The molecule has 5 nitrogen and oxygen atoms in total. The molecule has 0 unspecified atom stereocenters. The molecule has 1 heterocycles. The van der Waals surface area contributed by atoms with E-state index in [1.807, 2.05) is 18.2 Å². The smallest absolute Gasteiger partial charge is 0.261 e. The van der Waals surface area contributed by atoms with E-state index in [9.17, 15) is 8.42 Å². The summed E-state index contributed by atoms with van der Waals surface area (Å²) in [6.45, 7) is 1.89. The van der Waals surface area contributed by atoms with E-state index < -0.39 is 10.0 Å². The first-order chi connectivity index (χ1) is 12.1. The normalized spacial score (nSPS) is 14.8. The van der Waals surface area contributed by atoms with Crippen molar-refractivity contribution in [3.63, 3.8) is 0 Å². The van der Waals surface area contributed by atoms with Crippen LogP contribution >= 0.6 is 0 Å². The maximum atomic E-state index is 12.7. The lowest BCUT2D eigenvalue weighted by molar-refractivity contribution is 0.578. The molecule has 0 saturated carbocycles. The van der Waals surface area contributed by atoms with Gasteiger partial charge in [-0.2, -0.15) is 5.26 Å². The molecule has 0 amide bonds. The first-order valence-corrected chi connectivity index (χ1v) is 9.91. The van der Waals surface area contributed by atoms with E-state index in [2.05, 4.69) is 15.7 Å². The van der Waals surface area contributed by atoms with Gasteiger partial charge in [-0.3, -0.25) is 4.72 Å². The van der Waals surface area contributed by atoms with Crippen LogP contribution in [0.1, 0.15) is 24.8 Å². The number of nitrogens with one attached hydrogen (secondary N) is 1. The Morgan fingerprint density at radius 1 is 1.00 bits per heavy atom. The summed E-state index contributed by atoms with van der Waals surface area (Å²) in [6, 6.07) is 16.0. The zero-order valence-electron chi connectivity index (χ0n) is 14.0. The van der Waals surface area contributed by atoms with Crippen LogP contribution in [0.4, 0.5) is 11.4 Å². The molecule has 25 heavy (non-hydrogen) atoms. The van der Waals surface area contributed by atoms with Crippen LogP contribution in [-0.4, -0.2) is 21.5 Å². The fourth-order valence-electron chi connectivity index (χ4n) is 3.05. The van der Waals surface area contributed by atoms with E-state index >= 15 is 0 Å². The molecule has 3 rings (SSSR count). The van der Waals surface area contributed by atoms with Crippen LogP contribution in [0.15, 0.2) is 53.4 Å². The summed E-state index contributed by atoms with van der Waals surface area (Å²) in [6.07, 6.45) is 3.74. The van der Waals surface area contributed by atoms with E-state index in [0.717, 1.165) is 37.2 Å². The van der Waals surface area contributed by atoms with Crippen LogP contribution in [0.2, 0.25) is 0 Å². The molecule has 0 aromatic heterocycles. The molecule has 0 radical (unpaired) electrons. The quantitative estimate of drug-likeness (QED) is 0.890. The number of piperidine rings is 1. The Bertz CT molecular complexity index is 864. The molecule has 130 valence electrons. The predicted molar refractivity (Wildman–Crippen MR) is 99.1 cm³/mol. The highest BCUT2D eigenvalue weighted by atomic mass is 32.2. The lowest BCUT2D eigenvalue weighted by Gasteiger charge is -2.30. The molecule has 0 spiro atoms. The van der Waals surface area contributed by atoms with Gasteiger partial charge in [0.1, 0.15) is 0 Å². The zero-order valence-corrected chi connectivity index (χ0v) is 14.8. The van der Waals surface area contributed by atoms with E-state index in [0.29, 0.717) is 5.69 Å².